The van der Waals surface area contributed by atoms with Crippen LogP contribution in [0, 0.1) is 23.2 Å². The Morgan fingerprint density at radius 1 is 1.00 bits per heavy atom. The van der Waals surface area contributed by atoms with Crippen LogP contribution in [0.5, 0.6) is 0 Å². The number of esters is 1. The van der Waals surface area contributed by atoms with Crippen molar-refractivity contribution in [2.24, 2.45) is 23.2 Å². The predicted molar refractivity (Wildman–Crippen MR) is 67.3 cm³/mol. The van der Waals surface area contributed by atoms with Gasteiger partial charge in [-0.25, -0.2) is 0 Å². The number of carbonyl (C=O) groups excluding carboxylic acids is 1. The van der Waals surface area contributed by atoms with Crippen molar-refractivity contribution < 1.29 is 19.0 Å². The quantitative estimate of drug-likeness (QED) is 0.718. The minimum atomic E-state index is -0.478. The molecule has 4 bridgehead atoms. The lowest BCUT2D eigenvalue weighted by molar-refractivity contribution is -0.229. The highest BCUT2D eigenvalue weighted by Crippen LogP contribution is 2.60. The Morgan fingerprint density at radius 2 is 1.63 bits per heavy atom. The summed E-state index contributed by atoms with van der Waals surface area (Å²) in [5.41, 5.74) is -0.185. The van der Waals surface area contributed by atoms with E-state index in [0.29, 0.717) is 19.8 Å². The van der Waals surface area contributed by atoms with Gasteiger partial charge in [0.1, 0.15) is 6.61 Å². The Labute approximate surface area is 113 Å². The first-order valence-corrected chi connectivity index (χ1v) is 7.64. The van der Waals surface area contributed by atoms with Crippen LogP contribution < -0.4 is 0 Å². The van der Waals surface area contributed by atoms with E-state index in [4.69, 9.17) is 14.2 Å². The van der Waals surface area contributed by atoms with Crippen LogP contribution in [0.15, 0.2) is 0 Å². The minimum Gasteiger partial charge on any atom is -0.433 e. The third-order valence-corrected chi connectivity index (χ3v) is 5.50. The molecular formula is C15H22O4. The number of rotatable bonds is 2. The summed E-state index contributed by atoms with van der Waals surface area (Å²) < 4.78 is 16.3. The van der Waals surface area contributed by atoms with Crippen molar-refractivity contribution in [1.82, 2.24) is 0 Å². The largest absolute Gasteiger partial charge is 0.433 e. The van der Waals surface area contributed by atoms with Gasteiger partial charge in [0.2, 0.25) is 6.29 Å². The van der Waals surface area contributed by atoms with Gasteiger partial charge < -0.3 is 14.2 Å². The van der Waals surface area contributed by atoms with Gasteiger partial charge in [-0.1, -0.05) is 0 Å². The van der Waals surface area contributed by atoms with Gasteiger partial charge in [-0.15, -0.1) is 0 Å². The molecule has 0 amide bonds. The molecule has 0 spiro atoms. The van der Waals surface area contributed by atoms with E-state index in [2.05, 4.69) is 0 Å². The summed E-state index contributed by atoms with van der Waals surface area (Å²) in [4.78, 5) is 12.6. The summed E-state index contributed by atoms with van der Waals surface area (Å²) in [7, 11) is 0. The lowest BCUT2D eigenvalue weighted by Crippen LogP contribution is -2.51. The standard InChI is InChI=1S/C15H22O4/c16-14(19-13-9-17-1-2-18-13)15-6-10-3-11(7-15)5-12(4-10)8-15/h10-13H,1-9H2. The minimum absolute atomic E-state index is 0.0119. The molecule has 106 valence electrons. The highest BCUT2D eigenvalue weighted by molar-refractivity contribution is 5.77. The first-order valence-electron chi connectivity index (χ1n) is 7.64. The van der Waals surface area contributed by atoms with Crippen LogP contribution in [0.4, 0.5) is 0 Å². The summed E-state index contributed by atoms with van der Waals surface area (Å²) in [6.45, 7) is 1.52. The number of hydrogen-bond donors (Lipinski definition) is 0. The van der Waals surface area contributed by atoms with E-state index in [9.17, 15) is 4.79 Å². The van der Waals surface area contributed by atoms with Crippen molar-refractivity contribution in [2.45, 2.75) is 44.8 Å². The fourth-order valence-electron chi connectivity index (χ4n) is 5.14. The Balaban J connectivity index is 1.47. The SMILES string of the molecule is O=C(OC1COCCO1)C12CC3CC(CC(C3)C1)C2. The summed E-state index contributed by atoms with van der Waals surface area (Å²) in [5, 5.41) is 0. The average Bonchev–Trinajstić information content (AvgIpc) is 2.38. The summed E-state index contributed by atoms with van der Waals surface area (Å²) in [6.07, 6.45) is 6.69. The molecule has 1 heterocycles. The molecule has 4 saturated carbocycles. The molecule has 1 saturated heterocycles. The first kappa shape index (κ1) is 12.2. The van der Waals surface area contributed by atoms with E-state index in [1.165, 1.54) is 19.3 Å². The Hall–Kier alpha value is -0.610. The Kier molecular flexibility index (Phi) is 2.85. The van der Waals surface area contributed by atoms with E-state index >= 15 is 0 Å². The van der Waals surface area contributed by atoms with Crippen molar-refractivity contribution in [1.29, 1.82) is 0 Å². The molecule has 5 aliphatic rings. The van der Waals surface area contributed by atoms with Crippen LogP contribution in [0.3, 0.4) is 0 Å². The van der Waals surface area contributed by atoms with E-state index in [1.54, 1.807) is 0 Å². The molecule has 19 heavy (non-hydrogen) atoms. The molecule has 5 rings (SSSR count). The fraction of sp³-hybridized carbons (Fsp3) is 0.933. The van der Waals surface area contributed by atoms with E-state index in [-0.39, 0.29) is 11.4 Å². The molecule has 5 fully saturated rings. The molecule has 4 aliphatic carbocycles. The maximum absolute atomic E-state index is 12.6. The predicted octanol–water partition coefficient (Wildman–Crippen LogP) is 2.12. The zero-order valence-electron chi connectivity index (χ0n) is 11.3. The lowest BCUT2D eigenvalue weighted by atomic mass is 9.49. The molecule has 0 aromatic carbocycles. The Bertz CT molecular complexity index is 337. The maximum atomic E-state index is 12.6. The van der Waals surface area contributed by atoms with Gasteiger partial charge in [0.25, 0.3) is 0 Å². The second-order valence-electron chi connectivity index (χ2n) is 6.98. The van der Waals surface area contributed by atoms with Crippen molar-refractivity contribution >= 4 is 5.97 Å². The molecule has 1 aliphatic heterocycles. The van der Waals surface area contributed by atoms with Gasteiger partial charge in [0, 0.05) is 0 Å². The van der Waals surface area contributed by atoms with E-state index < -0.39 is 6.29 Å². The lowest BCUT2D eigenvalue weighted by Gasteiger charge is -2.55. The van der Waals surface area contributed by atoms with Gasteiger partial charge in [-0.05, 0) is 56.3 Å². The molecule has 4 heteroatoms. The van der Waals surface area contributed by atoms with Crippen LogP contribution in [-0.4, -0.2) is 32.1 Å². The fourth-order valence-corrected chi connectivity index (χ4v) is 5.14. The molecule has 1 unspecified atom stereocenters. The highest BCUT2D eigenvalue weighted by Gasteiger charge is 2.55. The third kappa shape index (κ3) is 2.09. The molecule has 0 N–H and O–H groups in total. The van der Waals surface area contributed by atoms with Crippen molar-refractivity contribution in [2.75, 3.05) is 19.8 Å². The van der Waals surface area contributed by atoms with Crippen LogP contribution >= 0.6 is 0 Å². The van der Waals surface area contributed by atoms with Crippen LogP contribution in [0.25, 0.3) is 0 Å². The van der Waals surface area contributed by atoms with Crippen LogP contribution in [-0.2, 0) is 19.0 Å². The molecule has 0 aromatic heterocycles. The van der Waals surface area contributed by atoms with E-state index in [1.807, 2.05) is 0 Å². The van der Waals surface area contributed by atoms with Crippen LogP contribution in [0.1, 0.15) is 38.5 Å². The zero-order chi connectivity index (χ0) is 12.9. The van der Waals surface area contributed by atoms with Crippen molar-refractivity contribution in [3.63, 3.8) is 0 Å². The van der Waals surface area contributed by atoms with E-state index in [0.717, 1.165) is 37.0 Å². The first-order chi connectivity index (χ1) is 9.23. The van der Waals surface area contributed by atoms with Crippen molar-refractivity contribution in [3.05, 3.63) is 0 Å². The van der Waals surface area contributed by atoms with Crippen molar-refractivity contribution in [3.8, 4) is 0 Å². The smallest absolute Gasteiger partial charge is 0.314 e. The maximum Gasteiger partial charge on any atom is 0.314 e. The number of carbonyl (C=O) groups is 1. The Morgan fingerprint density at radius 3 is 2.16 bits per heavy atom. The summed E-state index contributed by atoms with van der Waals surface area (Å²) >= 11 is 0. The second-order valence-corrected chi connectivity index (χ2v) is 6.98. The molecule has 4 nitrogen and oxygen atoms in total. The summed E-state index contributed by atoms with van der Waals surface area (Å²) in [5.74, 6) is 2.29. The van der Waals surface area contributed by atoms with Gasteiger partial charge in [-0.2, -0.15) is 0 Å². The van der Waals surface area contributed by atoms with Gasteiger partial charge in [0.05, 0.1) is 18.6 Å². The molecule has 0 aromatic rings. The second kappa shape index (κ2) is 4.45. The molecule has 1 atom stereocenters. The van der Waals surface area contributed by atoms with Gasteiger partial charge in [-0.3, -0.25) is 4.79 Å². The normalized spacial score (nSPS) is 48.2. The number of ether oxygens (including phenoxy) is 3. The molecular weight excluding hydrogens is 244 g/mol. The van der Waals surface area contributed by atoms with Crippen LogP contribution in [0.2, 0.25) is 0 Å². The van der Waals surface area contributed by atoms with Gasteiger partial charge in [0.15, 0.2) is 0 Å². The topological polar surface area (TPSA) is 44.8 Å². The average molecular weight is 266 g/mol. The molecule has 0 radical (unpaired) electrons. The highest BCUT2D eigenvalue weighted by atomic mass is 16.7. The zero-order valence-corrected chi connectivity index (χ0v) is 11.3. The number of hydrogen-bond acceptors (Lipinski definition) is 4. The monoisotopic (exact) mass is 266 g/mol. The van der Waals surface area contributed by atoms with Gasteiger partial charge >= 0.3 is 5.97 Å². The third-order valence-electron chi connectivity index (χ3n) is 5.50. The summed E-state index contributed by atoms with van der Waals surface area (Å²) in [6, 6.07) is 0.